The lowest BCUT2D eigenvalue weighted by Gasteiger charge is -2.25. The lowest BCUT2D eigenvalue weighted by atomic mass is 10.3. The van der Waals surface area contributed by atoms with E-state index >= 15 is 0 Å². The fourth-order valence-corrected chi connectivity index (χ4v) is 7.63. The molecule has 0 saturated carbocycles. The van der Waals surface area contributed by atoms with Crippen LogP contribution in [0.25, 0.3) is 0 Å². The Bertz CT molecular complexity index is 330. The van der Waals surface area contributed by atoms with Gasteiger partial charge < -0.3 is 18.9 Å². The van der Waals surface area contributed by atoms with Gasteiger partial charge in [-0.3, -0.25) is 0 Å². The molecular weight excluding hydrogens is 473 g/mol. The van der Waals surface area contributed by atoms with Crippen LogP contribution < -0.4 is 0 Å². The smallest absolute Gasteiger partial charge is 0.157 e. The number of hydrogen-bond donors (Lipinski definition) is 0. The SMILES string of the molecule is CCCCOC(OCCCC)C([SiH3])CCSSCCC([SiH3])C(OCCCC)OCCCC. The first-order valence-electron chi connectivity index (χ1n) is 13.3. The van der Waals surface area contributed by atoms with Crippen molar-refractivity contribution in [2.24, 2.45) is 0 Å². The van der Waals surface area contributed by atoms with E-state index < -0.39 is 0 Å². The van der Waals surface area contributed by atoms with E-state index in [1.165, 1.54) is 50.0 Å². The van der Waals surface area contributed by atoms with Crippen LogP contribution in [-0.2, 0) is 18.9 Å². The summed E-state index contributed by atoms with van der Waals surface area (Å²) in [6.45, 7) is 12.2. The van der Waals surface area contributed by atoms with Gasteiger partial charge in [0.15, 0.2) is 12.6 Å². The van der Waals surface area contributed by atoms with E-state index in [2.05, 4.69) is 27.7 Å². The first kappa shape index (κ1) is 33.0. The van der Waals surface area contributed by atoms with Gasteiger partial charge in [0.25, 0.3) is 0 Å². The van der Waals surface area contributed by atoms with Crippen LogP contribution in [0, 0.1) is 0 Å². The molecule has 0 amide bonds. The summed E-state index contributed by atoms with van der Waals surface area (Å²) in [6, 6.07) is 0. The molecule has 2 atom stereocenters. The summed E-state index contributed by atoms with van der Waals surface area (Å²) in [5.74, 6) is 2.36. The topological polar surface area (TPSA) is 36.9 Å². The van der Waals surface area contributed by atoms with Crippen molar-refractivity contribution in [2.45, 2.75) is 116 Å². The van der Waals surface area contributed by atoms with Crippen LogP contribution in [0.4, 0.5) is 0 Å². The molecule has 0 aromatic heterocycles. The van der Waals surface area contributed by atoms with Gasteiger partial charge in [0.1, 0.15) is 0 Å². The molecule has 2 unspecified atom stereocenters. The van der Waals surface area contributed by atoms with Gasteiger partial charge in [0.05, 0.1) is 0 Å². The van der Waals surface area contributed by atoms with Gasteiger partial charge in [-0.1, -0.05) is 75.0 Å². The zero-order chi connectivity index (χ0) is 23.9. The van der Waals surface area contributed by atoms with Crippen LogP contribution in [-0.4, -0.2) is 71.0 Å². The van der Waals surface area contributed by atoms with Crippen molar-refractivity contribution in [1.82, 2.24) is 0 Å². The number of ether oxygens (including phenoxy) is 4. The zero-order valence-electron chi connectivity index (χ0n) is 22.1. The second-order valence-electron chi connectivity index (χ2n) is 8.81. The molecule has 0 aromatic rings. The minimum Gasteiger partial charge on any atom is -0.353 e. The zero-order valence-corrected chi connectivity index (χ0v) is 27.7. The van der Waals surface area contributed by atoms with E-state index in [1.807, 2.05) is 21.6 Å². The minimum atomic E-state index is 0.0117. The third-order valence-corrected chi connectivity index (χ3v) is 10.2. The van der Waals surface area contributed by atoms with Crippen LogP contribution >= 0.6 is 21.6 Å². The molecule has 0 aliphatic rings. The second-order valence-corrected chi connectivity index (χ2v) is 14.5. The Balaban J connectivity index is 4.13. The maximum absolute atomic E-state index is 6.08. The van der Waals surface area contributed by atoms with Crippen molar-refractivity contribution >= 4 is 42.1 Å². The quantitative estimate of drug-likeness (QED) is 0.0688. The summed E-state index contributed by atoms with van der Waals surface area (Å²) in [5.41, 5.74) is 1.15. The second kappa shape index (κ2) is 25.1. The molecule has 0 spiro atoms. The summed E-state index contributed by atoms with van der Waals surface area (Å²) in [5, 5.41) is 0. The average Bonchev–Trinajstić information content (AvgIpc) is 2.79. The van der Waals surface area contributed by atoms with Crippen molar-refractivity contribution in [2.75, 3.05) is 37.9 Å². The molecule has 0 N–H and O–H groups in total. The van der Waals surface area contributed by atoms with Crippen molar-refractivity contribution in [3.63, 3.8) is 0 Å². The Hall–Kier alpha value is 0.974. The molecule has 4 nitrogen and oxygen atoms in total. The highest BCUT2D eigenvalue weighted by molar-refractivity contribution is 8.76. The highest BCUT2D eigenvalue weighted by atomic mass is 33.1. The molecule has 0 bridgehead atoms. The molecule has 0 rings (SSSR count). The predicted octanol–water partition coefficient (Wildman–Crippen LogP) is 5.37. The van der Waals surface area contributed by atoms with Crippen molar-refractivity contribution < 1.29 is 18.9 Å². The summed E-state index contributed by atoms with van der Waals surface area (Å²) in [6.07, 6.45) is 11.6. The molecule has 0 radical (unpaired) electrons. The molecular formula is C24H54O4S2Si2. The van der Waals surface area contributed by atoms with Crippen LogP contribution in [0.3, 0.4) is 0 Å². The lowest BCUT2D eigenvalue weighted by Crippen LogP contribution is -2.25. The Morgan fingerprint density at radius 2 is 0.812 bits per heavy atom. The third kappa shape index (κ3) is 19.3. The molecule has 0 fully saturated rings. The lowest BCUT2D eigenvalue weighted by molar-refractivity contribution is -0.146. The molecule has 194 valence electrons. The van der Waals surface area contributed by atoms with Crippen molar-refractivity contribution in [3.05, 3.63) is 0 Å². The highest BCUT2D eigenvalue weighted by Crippen LogP contribution is 2.30. The normalized spacial score (nSPS) is 14.1. The Morgan fingerprint density at radius 1 is 0.531 bits per heavy atom. The summed E-state index contributed by atoms with van der Waals surface area (Å²) >= 11 is 0. The van der Waals surface area contributed by atoms with Crippen LogP contribution in [0.2, 0.25) is 11.1 Å². The predicted molar refractivity (Wildman–Crippen MR) is 153 cm³/mol. The van der Waals surface area contributed by atoms with Gasteiger partial charge in [0, 0.05) is 58.4 Å². The van der Waals surface area contributed by atoms with Crippen LogP contribution in [0.5, 0.6) is 0 Å². The average molecular weight is 527 g/mol. The maximum Gasteiger partial charge on any atom is 0.157 e. The van der Waals surface area contributed by atoms with E-state index in [9.17, 15) is 0 Å². The molecule has 0 aromatic carbocycles. The molecule has 8 heteroatoms. The Morgan fingerprint density at radius 3 is 1.06 bits per heavy atom. The van der Waals surface area contributed by atoms with E-state index in [4.69, 9.17) is 18.9 Å². The monoisotopic (exact) mass is 526 g/mol. The largest absolute Gasteiger partial charge is 0.353 e. The van der Waals surface area contributed by atoms with Gasteiger partial charge in [-0.05, 0) is 49.6 Å². The molecule has 0 saturated heterocycles. The van der Waals surface area contributed by atoms with Crippen LogP contribution in [0.15, 0.2) is 0 Å². The Labute approximate surface area is 214 Å². The third-order valence-electron chi connectivity index (χ3n) is 5.45. The van der Waals surface area contributed by atoms with E-state index in [-0.39, 0.29) is 12.6 Å². The fraction of sp³-hybridized carbons (Fsp3) is 1.00. The maximum atomic E-state index is 6.08. The molecule has 0 aliphatic carbocycles. The van der Waals surface area contributed by atoms with E-state index in [1.54, 1.807) is 0 Å². The standard InChI is InChI=1S/C24H54O4S2Si2/c1-5-9-15-25-23(26-16-10-6-2)21(31)13-19-29-30-20-14-22(32)24(27-17-11-7-3)28-18-12-8-4/h21-24H,5-20H2,1-4,31-32H3. The molecule has 32 heavy (non-hydrogen) atoms. The van der Waals surface area contributed by atoms with Gasteiger partial charge in [-0.15, -0.1) is 0 Å². The van der Waals surface area contributed by atoms with Gasteiger partial charge in [-0.2, -0.15) is 0 Å². The van der Waals surface area contributed by atoms with Gasteiger partial charge in [-0.25, -0.2) is 0 Å². The highest BCUT2D eigenvalue weighted by Gasteiger charge is 2.20. The Kier molecular flexibility index (Phi) is 25.8. The van der Waals surface area contributed by atoms with Gasteiger partial charge >= 0.3 is 0 Å². The first-order valence-corrected chi connectivity index (χ1v) is 18.1. The summed E-state index contributed by atoms with van der Waals surface area (Å²) < 4.78 is 24.3. The fourth-order valence-electron chi connectivity index (χ4n) is 2.99. The van der Waals surface area contributed by atoms with Crippen molar-refractivity contribution in [3.8, 4) is 0 Å². The number of hydrogen-bond acceptors (Lipinski definition) is 6. The first-order chi connectivity index (χ1) is 15.6. The summed E-state index contributed by atoms with van der Waals surface area (Å²) in [7, 11) is 6.28. The van der Waals surface area contributed by atoms with E-state index in [0.717, 1.165) is 72.6 Å². The van der Waals surface area contributed by atoms with Gasteiger partial charge in [0.2, 0.25) is 0 Å². The molecule has 0 heterocycles. The molecule has 0 aliphatic heterocycles. The minimum absolute atomic E-state index is 0.0117. The van der Waals surface area contributed by atoms with E-state index in [0.29, 0.717) is 11.1 Å². The number of rotatable bonds is 25. The number of unbranched alkanes of at least 4 members (excludes halogenated alkanes) is 4. The van der Waals surface area contributed by atoms with Crippen LogP contribution in [0.1, 0.15) is 91.9 Å². The van der Waals surface area contributed by atoms with Crippen molar-refractivity contribution in [1.29, 1.82) is 0 Å². The summed E-state index contributed by atoms with van der Waals surface area (Å²) in [4.78, 5) is 0.